The molecule has 78 valence electrons. The lowest BCUT2D eigenvalue weighted by Crippen LogP contribution is -2.31. The van der Waals surface area contributed by atoms with Crippen molar-refractivity contribution in [3.8, 4) is 0 Å². The molecule has 0 radical (unpaired) electrons. The standard InChI is InChI=1S/C9H18O3S/c1-6-4-7(2)9(8(3)5-6)13-12-11-10/h6-10H,4-5H2,1-3H3/p-1. The summed E-state index contributed by atoms with van der Waals surface area (Å²) in [6.45, 7) is 6.69. The summed E-state index contributed by atoms with van der Waals surface area (Å²) < 4.78 is 4.41. The summed E-state index contributed by atoms with van der Waals surface area (Å²) in [5.74, 6) is 1.98. The van der Waals surface area contributed by atoms with E-state index in [1.807, 2.05) is 0 Å². The van der Waals surface area contributed by atoms with Gasteiger partial charge in [0.25, 0.3) is 0 Å². The maximum Gasteiger partial charge on any atom is 0.0393 e. The average molecular weight is 205 g/mol. The molecule has 0 aromatic rings. The summed E-state index contributed by atoms with van der Waals surface area (Å²) in [7, 11) is 0. The fraction of sp³-hybridized carbons (Fsp3) is 1.00. The zero-order valence-electron chi connectivity index (χ0n) is 8.36. The Kier molecular flexibility index (Phi) is 4.52. The van der Waals surface area contributed by atoms with E-state index in [2.05, 4.69) is 30.1 Å². The van der Waals surface area contributed by atoms with Gasteiger partial charge in [-0.2, -0.15) is 4.33 Å². The van der Waals surface area contributed by atoms with Gasteiger partial charge in [-0.15, -0.1) is 0 Å². The van der Waals surface area contributed by atoms with Gasteiger partial charge in [-0.1, -0.05) is 20.8 Å². The fourth-order valence-electron chi connectivity index (χ4n) is 2.45. The highest BCUT2D eigenvalue weighted by Gasteiger charge is 2.32. The molecule has 1 rings (SSSR count). The second kappa shape index (κ2) is 5.20. The van der Waals surface area contributed by atoms with Crippen LogP contribution in [0.3, 0.4) is 0 Å². The molecular weight excluding hydrogens is 188 g/mol. The third kappa shape index (κ3) is 3.13. The summed E-state index contributed by atoms with van der Waals surface area (Å²) in [5.41, 5.74) is 0. The molecule has 0 amide bonds. The van der Waals surface area contributed by atoms with E-state index in [4.69, 9.17) is 0 Å². The van der Waals surface area contributed by atoms with E-state index >= 15 is 0 Å². The molecular formula is C9H17O3S-. The van der Waals surface area contributed by atoms with Crippen molar-refractivity contribution in [1.29, 1.82) is 0 Å². The molecule has 3 nitrogen and oxygen atoms in total. The lowest BCUT2D eigenvalue weighted by atomic mass is 9.77. The van der Waals surface area contributed by atoms with Crippen LogP contribution < -0.4 is 5.26 Å². The minimum Gasteiger partial charge on any atom is -0.691 e. The number of rotatable bonds is 3. The number of hydrogen-bond acceptors (Lipinski definition) is 4. The molecule has 0 spiro atoms. The summed E-state index contributed by atoms with van der Waals surface area (Å²) in [5, 5.41) is 13.5. The van der Waals surface area contributed by atoms with Gasteiger partial charge in [0.15, 0.2) is 0 Å². The van der Waals surface area contributed by atoms with Gasteiger partial charge < -0.3 is 5.26 Å². The van der Waals surface area contributed by atoms with Crippen molar-refractivity contribution < 1.29 is 14.6 Å². The fourth-order valence-corrected chi connectivity index (χ4v) is 3.17. The number of hydrogen-bond donors (Lipinski definition) is 0. The van der Waals surface area contributed by atoms with Gasteiger partial charge >= 0.3 is 0 Å². The van der Waals surface area contributed by atoms with E-state index in [-0.39, 0.29) is 0 Å². The molecule has 0 N–H and O–H groups in total. The Hall–Kier alpha value is 0.230. The van der Waals surface area contributed by atoms with E-state index in [1.165, 1.54) is 24.9 Å². The van der Waals surface area contributed by atoms with Crippen LogP contribution in [0.2, 0.25) is 0 Å². The van der Waals surface area contributed by atoms with Crippen molar-refractivity contribution in [1.82, 2.24) is 0 Å². The van der Waals surface area contributed by atoms with Gasteiger partial charge in [0.1, 0.15) is 0 Å². The minimum atomic E-state index is 0.394. The van der Waals surface area contributed by atoms with E-state index in [0.717, 1.165) is 5.92 Å². The van der Waals surface area contributed by atoms with Crippen molar-refractivity contribution in [2.24, 2.45) is 17.8 Å². The van der Waals surface area contributed by atoms with Crippen LogP contribution in [-0.4, -0.2) is 5.25 Å². The molecule has 0 saturated heterocycles. The van der Waals surface area contributed by atoms with Crippen LogP contribution in [0.25, 0.3) is 0 Å². The molecule has 0 heterocycles. The van der Waals surface area contributed by atoms with Crippen LogP contribution in [0.5, 0.6) is 0 Å². The average Bonchev–Trinajstić information content (AvgIpc) is 2.02. The molecule has 0 aromatic carbocycles. The highest BCUT2D eigenvalue weighted by Crippen LogP contribution is 2.40. The third-order valence-electron chi connectivity index (χ3n) is 2.85. The summed E-state index contributed by atoms with van der Waals surface area (Å²) in [4.78, 5) is 0. The molecule has 1 aliphatic rings. The van der Waals surface area contributed by atoms with Gasteiger partial charge in [0, 0.05) is 17.3 Å². The van der Waals surface area contributed by atoms with Crippen LogP contribution in [0.4, 0.5) is 0 Å². The summed E-state index contributed by atoms with van der Waals surface area (Å²) >= 11 is 1.18. The van der Waals surface area contributed by atoms with Gasteiger partial charge in [-0.3, -0.25) is 5.04 Å². The van der Waals surface area contributed by atoms with Gasteiger partial charge in [-0.25, -0.2) is 0 Å². The molecule has 0 bridgehead atoms. The van der Waals surface area contributed by atoms with Crippen molar-refractivity contribution >= 4 is 12.0 Å². The lowest BCUT2D eigenvalue weighted by molar-refractivity contribution is -0.777. The predicted octanol–water partition coefficient (Wildman–Crippen LogP) is 1.93. The summed E-state index contributed by atoms with van der Waals surface area (Å²) in [6, 6.07) is 0. The molecule has 0 aliphatic heterocycles. The second-order valence-corrected chi connectivity index (χ2v) is 5.10. The quantitative estimate of drug-likeness (QED) is 0.401. The molecule has 13 heavy (non-hydrogen) atoms. The van der Waals surface area contributed by atoms with Crippen LogP contribution >= 0.6 is 12.0 Å². The zero-order chi connectivity index (χ0) is 9.84. The molecule has 2 unspecified atom stereocenters. The Bertz CT molecular complexity index is 142. The Balaban J connectivity index is 2.41. The minimum absolute atomic E-state index is 0.394. The zero-order valence-corrected chi connectivity index (χ0v) is 9.17. The van der Waals surface area contributed by atoms with Crippen molar-refractivity contribution in [3.05, 3.63) is 0 Å². The first kappa shape index (κ1) is 11.3. The topological polar surface area (TPSA) is 41.5 Å². The van der Waals surface area contributed by atoms with Crippen molar-refractivity contribution in [2.45, 2.75) is 38.9 Å². The van der Waals surface area contributed by atoms with Gasteiger partial charge in [0.05, 0.1) is 0 Å². The Morgan fingerprint density at radius 1 is 1.15 bits per heavy atom. The highest BCUT2D eigenvalue weighted by molar-refractivity contribution is 7.95. The van der Waals surface area contributed by atoms with E-state index in [9.17, 15) is 5.26 Å². The largest absolute Gasteiger partial charge is 0.691 e. The predicted molar refractivity (Wildman–Crippen MR) is 50.3 cm³/mol. The molecule has 0 aromatic heterocycles. The SMILES string of the molecule is CC1CC(C)C(SOO[O-])C(C)C1. The van der Waals surface area contributed by atoms with Crippen LogP contribution in [0.15, 0.2) is 0 Å². The van der Waals surface area contributed by atoms with E-state index in [1.54, 1.807) is 0 Å². The first-order chi connectivity index (χ1) is 6.15. The van der Waals surface area contributed by atoms with Gasteiger partial charge in [-0.05, 0) is 30.6 Å². The molecule has 2 atom stereocenters. The normalized spacial score (nSPS) is 40.6. The molecule has 1 fully saturated rings. The van der Waals surface area contributed by atoms with Crippen LogP contribution in [0.1, 0.15) is 33.6 Å². The van der Waals surface area contributed by atoms with E-state index in [0.29, 0.717) is 17.1 Å². The van der Waals surface area contributed by atoms with Crippen LogP contribution in [-0.2, 0) is 9.37 Å². The smallest absolute Gasteiger partial charge is 0.0393 e. The molecule has 1 aliphatic carbocycles. The third-order valence-corrected chi connectivity index (χ3v) is 4.13. The van der Waals surface area contributed by atoms with Crippen LogP contribution in [0, 0.1) is 17.8 Å². The maximum atomic E-state index is 9.71. The van der Waals surface area contributed by atoms with E-state index < -0.39 is 0 Å². The first-order valence-electron chi connectivity index (χ1n) is 4.77. The molecule has 1 saturated carbocycles. The Labute approximate surface area is 83.9 Å². The highest BCUT2D eigenvalue weighted by atomic mass is 32.2. The Morgan fingerprint density at radius 3 is 2.15 bits per heavy atom. The monoisotopic (exact) mass is 205 g/mol. The van der Waals surface area contributed by atoms with Crippen molar-refractivity contribution in [3.63, 3.8) is 0 Å². The Morgan fingerprint density at radius 2 is 1.69 bits per heavy atom. The second-order valence-electron chi connectivity index (χ2n) is 4.23. The molecule has 4 heteroatoms. The summed E-state index contributed by atoms with van der Waals surface area (Å²) in [6.07, 6.45) is 2.43. The lowest BCUT2D eigenvalue weighted by Gasteiger charge is -2.36. The van der Waals surface area contributed by atoms with Gasteiger partial charge in [0.2, 0.25) is 0 Å². The maximum absolute atomic E-state index is 9.71. The first-order valence-corrected chi connectivity index (χ1v) is 5.57. The van der Waals surface area contributed by atoms with Crippen molar-refractivity contribution in [2.75, 3.05) is 0 Å².